The van der Waals surface area contributed by atoms with Crippen molar-refractivity contribution in [2.75, 3.05) is 12.4 Å². The Morgan fingerprint density at radius 2 is 1.83 bits per heavy atom. The number of hydrogen-bond donors (Lipinski definition) is 1. The summed E-state index contributed by atoms with van der Waals surface area (Å²) >= 11 is 17.4. The van der Waals surface area contributed by atoms with Gasteiger partial charge >= 0.3 is 5.69 Å². The molecule has 0 fully saturated rings. The Hall–Kier alpha value is -1.24. The number of amides is 1. The smallest absolute Gasteiger partial charge is 0.311 e. The van der Waals surface area contributed by atoms with Gasteiger partial charge < -0.3 is 10.1 Å². The minimum absolute atomic E-state index is 0.00716. The second kappa shape index (κ2) is 5.60. The lowest BCUT2D eigenvalue weighted by atomic mass is 10.2. The van der Waals surface area contributed by atoms with Crippen molar-refractivity contribution in [2.45, 2.75) is 6.92 Å². The second-order valence-electron chi connectivity index (χ2n) is 3.14. The summed E-state index contributed by atoms with van der Waals surface area (Å²) in [4.78, 5) is 21.1. The lowest BCUT2D eigenvalue weighted by Crippen LogP contribution is -2.09. The molecule has 0 saturated heterocycles. The molecule has 0 aromatic heterocycles. The minimum Gasteiger partial charge on any atom is -0.493 e. The van der Waals surface area contributed by atoms with Crippen LogP contribution in [-0.4, -0.2) is 17.9 Å². The Morgan fingerprint density at radius 3 is 2.22 bits per heavy atom. The average Bonchev–Trinajstić information content (AvgIpc) is 2.25. The largest absolute Gasteiger partial charge is 0.493 e. The first-order valence-electron chi connectivity index (χ1n) is 4.47. The van der Waals surface area contributed by atoms with Crippen LogP contribution in [-0.2, 0) is 4.79 Å². The SMILES string of the molecule is COc1c(Cl)c([N+](=O)[O-])c(Cl)c(Cl)c1NC(C)=O. The summed E-state index contributed by atoms with van der Waals surface area (Å²) in [6.07, 6.45) is 0. The summed E-state index contributed by atoms with van der Waals surface area (Å²) in [7, 11) is 1.24. The molecule has 0 spiro atoms. The van der Waals surface area contributed by atoms with Crippen molar-refractivity contribution in [1.29, 1.82) is 0 Å². The van der Waals surface area contributed by atoms with Gasteiger partial charge in [-0.05, 0) is 0 Å². The van der Waals surface area contributed by atoms with Crippen LogP contribution in [0.25, 0.3) is 0 Å². The molecule has 18 heavy (non-hydrogen) atoms. The van der Waals surface area contributed by atoms with E-state index in [-0.39, 0.29) is 26.5 Å². The van der Waals surface area contributed by atoms with Gasteiger partial charge in [-0.1, -0.05) is 34.8 Å². The van der Waals surface area contributed by atoms with Crippen LogP contribution < -0.4 is 10.1 Å². The van der Waals surface area contributed by atoms with E-state index in [4.69, 9.17) is 39.5 Å². The zero-order chi connectivity index (χ0) is 14.0. The number of benzene rings is 1. The van der Waals surface area contributed by atoms with Crippen LogP contribution in [0.1, 0.15) is 6.92 Å². The number of anilines is 1. The van der Waals surface area contributed by atoms with Crippen molar-refractivity contribution in [3.63, 3.8) is 0 Å². The van der Waals surface area contributed by atoms with Gasteiger partial charge in [0.05, 0.1) is 17.1 Å². The van der Waals surface area contributed by atoms with Crippen molar-refractivity contribution in [1.82, 2.24) is 0 Å². The molecule has 0 aliphatic heterocycles. The third-order valence-electron chi connectivity index (χ3n) is 1.94. The lowest BCUT2D eigenvalue weighted by molar-refractivity contribution is -0.384. The number of nitrogens with zero attached hydrogens (tertiary/aromatic N) is 1. The van der Waals surface area contributed by atoms with Crippen LogP contribution in [0, 0.1) is 10.1 Å². The third-order valence-corrected chi connectivity index (χ3v) is 3.14. The standard InChI is InChI=1S/C9H7Cl3N2O4/c1-3(15)13-7-4(10)5(11)8(14(16)17)6(12)9(7)18-2/h1-2H3,(H,13,15). The van der Waals surface area contributed by atoms with Gasteiger partial charge in [-0.15, -0.1) is 0 Å². The fraction of sp³-hybridized carbons (Fsp3) is 0.222. The first-order chi connectivity index (χ1) is 8.31. The van der Waals surface area contributed by atoms with Crippen molar-refractivity contribution in [2.24, 2.45) is 0 Å². The predicted molar refractivity (Wildman–Crippen MR) is 69.0 cm³/mol. The molecule has 0 saturated carbocycles. The number of methoxy groups -OCH3 is 1. The Labute approximate surface area is 117 Å². The molecular formula is C9H7Cl3N2O4. The summed E-state index contributed by atoms with van der Waals surface area (Å²) < 4.78 is 4.91. The van der Waals surface area contributed by atoms with Gasteiger partial charge in [0.2, 0.25) is 5.91 Å². The quantitative estimate of drug-likeness (QED) is 0.526. The molecule has 0 atom stereocenters. The number of carbonyl (C=O) groups excluding carboxylic acids is 1. The maximum absolute atomic E-state index is 11.0. The van der Waals surface area contributed by atoms with E-state index in [0.29, 0.717) is 0 Å². The van der Waals surface area contributed by atoms with Crippen LogP contribution >= 0.6 is 34.8 Å². The highest BCUT2D eigenvalue weighted by molar-refractivity contribution is 6.48. The van der Waals surface area contributed by atoms with E-state index in [0.717, 1.165) is 0 Å². The monoisotopic (exact) mass is 312 g/mol. The highest BCUT2D eigenvalue weighted by Gasteiger charge is 2.29. The zero-order valence-corrected chi connectivity index (χ0v) is 11.5. The molecule has 0 unspecified atom stereocenters. The van der Waals surface area contributed by atoms with Crippen molar-refractivity contribution < 1.29 is 14.5 Å². The molecule has 0 bridgehead atoms. The normalized spacial score (nSPS) is 10.1. The van der Waals surface area contributed by atoms with Crippen LogP contribution in [0.4, 0.5) is 11.4 Å². The summed E-state index contributed by atoms with van der Waals surface area (Å²) in [6, 6.07) is 0. The van der Waals surface area contributed by atoms with Gasteiger partial charge in [-0.25, -0.2) is 0 Å². The molecule has 9 heteroatoms. The van der Waals surface area contributed by atoms with E-state index in [1.807, 2.05) is 0 Å². The number of halogens is 3. The highest BCUT2D eigenvalue weighted by atomic mass is 35.5. The zero-order valence-electron chi connectivity index (χ0n) is 9.21. The Balaban J connectivity index is 3.65. The van der Waals surface area contributed by atoms with E-state index < -0.39 is 16.5 Å². The van der Waals surface area contributed by atoms with E-state index in [2.05, 4.69) is 5.32 Å². The second-order valence-corrected chi connectivity index (χ2v) is 4.27. The predicted octanol–water partition coefficient (Wildman–Crippen LogP) is 3.52. The number of nitrogens with one attached hydrogen (secondary N) is 1. The molecule has 1 aromatic rings. The van der Waals surface area contributed by atoms with E-state index in [9.17, 15) is 14.9 Å². The number of nitro groups is 1. The Bertz CT molecular complexity index is 533. The number of nitro benzene ring substituents is 1. The number of rotatable bonds is 3. The molecule has 6 nitrogen and oxygen atoms in total. The maximum Gasteiger partial charge on any atom is 0.311 e. The molecule has 1 aromatic carbocycles. The molecule has 0 aliphatic rings. The van der Waals surface area contributed by atoms with Gasteiger partial charge in [0.1, 0.15) is 10.7 Å². The molecule has 0 radical (unpaired) electrons. The first-order valence-corrected chi connectivity index (χ1v) is 5.61. The number of carbonyl (C=O) groups is 1. The van der Waals surface area contributed by atoms with Crippen molar-refractivity contribution in [3.8, 4) is 5.75 Å². The van der Waals surface area contributed by atoms with Gasteiger partial charge in [0.25, 0.3) is 0 Å². The number of hydrogen-bond acceptors (Lipinski definition) is 4. The Kier molecular flexibility index (Phi) is 4.61. The topological polar surface area (TPSA) is 81.5 Å². The van der Waals surface area contributed by atoms with E-state index in [1.165, 1.54) is 14.0 Å². The van der Waals surface area contributed by atoms with Crippen LogP contribution in [0.2, 0.25) is 15.1 Å². The average molecular weight is 314 g/mol. The summed E-state index contributed by atoms with van der Waals surface area (Å²) in [5.41, 5.74) is -0.582. The van der Waals surface area contributed by atoms with Crippen LogP contribution in [0.5, 0.6) is 5.75 Å². The van der Waals surface area contributed by atoms with Gasteiger partial charge in [0, 0.05) is 6.92 Å². The van der Waals surface area contributed by atoms with Crippen LogP contribution in [0.3, 0.4) is 0 Å². The van der Waals surface area contributed by atoms with Crippen molar-refractivity contribution in [3.05, 3.63) is 25.2 Å². The minimum atomic E-state index is -0.781. The van der Waals surface area contributed by atoms with Gasteiger partial charge in [-0.2, -0.15) is 0 Å². The molecule has 1 amide bonds. The fourth-order valence-electron chi connectivity index (χ4n) is 1.27. The van der Waals surface area contributed by atoms with E-state index in [1.54, 1.807) is 0 Å². The molecule has 0 aliphatic carbocycles. The Morgan fingerprint density at radius 1 is 1.28 bits per heavy atom. The van der Waals surface area contributed by atoms with Gasteiger partial charge in [-0.3, -0.25) is 14.9 Å². The third kappa shape index (κ3) is 2.60. The number of ether oxygens (including phenoxy) is 1. The molecular weight excluding hydrogens is 306 g/mol. The molecule has 0 heterocycles. The summed E-state index contributed by atoms with van der Waals surface area (Å²) in [5, 5.41) is 12.3. The summed E-state index contributed by atoms with van der Waals surface area (Å²) in [5.74, 6) is -0.566. The maximum atomic E-state index is 11.0. The van der Waals surface area contributed by atoms with Crippen molar-refractivity contribution >= 4 is 52.1 Å². The molecule has 1 N–H and O–H groups in total. The van der Waals surface area contributed by atoms with Crippen LogP contribution in [0.15, 0.2) is 0 Å². The first kappa shape index (κ1) is 14.8. The molecule has 98 valence electrons. The fourth-order valence-corrected chi connectivity index (χ4v) is 2.13. The van der Waals surface area contributed by atoms with E-state index >= 15 is 0 Å². The lowest BCUT2D eigenvalue weighted by Gasteiger charge is -2.13. The summed E-state index contributed by atoms with van der Waals surface area (Å²) in [6.45, 7) is 1.24. The highest BCUT2D eigenvalue weighted by Crippen LogP contribution is 2.50. The van der Waals surface area contributed by atoms with Gasteiger partial charge in [0.15, 0.2) is 10.8 Å². The molecule has 1 rings (SSSR count).